The van der Waals surface area contributed by atoms with Crippen molar-refractivity contribution >= 4 is 11.8 Å². The van der Waals surface area contributed by atoms with E-state index in [1.54, 1.807) is 31.4 Å². The lowest BCUT2D eigenvalue weighted by molar-refractivity contribution is -0.139. The maximum atomic E-state index is 11.6. The van der Waals surface area contributed by atoms with E-state index < -0.39 is 17.9 Å². The van der Waals surface area contributed by atoms with E-state index in [2.05, 4.69) is 10.6 Å². The van der Waals surface area contributed by atoms with Crippen LogP contribution in [0.1, 0.15) is 18.9 Å². The van der Waals surface area contributed by atoms with E-state index in [0.29, 0.717) is 6.42 Å². The number of aliphatic hydroxyl groups excluding tert-OH is 1. The Kier molecular flexibility index (Phi) is 6.52. The topological polar surface area (TPSA) is 87.7 Å². The van der Waals surface area contributed by atoms with Crippen LogP contribution in [-0.2, 0) is 16.1 Å². The molecule has 0 unspecified atom stereocenters. The van der Waals surface area contributed by atoms with Crippen LogP contribution in [0.4, 0.5) is 0 Å². The second-order valence-corrected chi connectivity index (χ2v) is 4.29. The third-order valence-corrected chi connectivity index (χ3v) is 2.87. The zero-order valence-electron chi connectivity index (χ0n) is 11.7. The van der Waals surface area contributed by atoms with Crippen molar-refractivity contribution in [2.45, 2.75) is 25.9 Å². The summed E-state index contributed by atoms with van der Waals surface area (Å²) in [5.41, 5.74) is 0.862. The molecule has 0 saturated heterocycles. The molecule has 2 amide bonds. The highest BCUT2D eigenvalue weighted by Gasteiger charge is 2.16. The van der Waals surface area contributed by atoms with Crippen molar-refractivity contribution in [1.29, 1.82) is 0 Å². The molecule has 110 valence electrons. The molecule has 0 bridgehead atoms. The number of carbonyl (C=O) groups excluding carboxylic acids is 2. The number of methoxy groups -OCH3 is 1. The van der Waals surface area contributed by atoms with Crippen LogP contribution in [0.5, 0.6) is 5.75 Å². The maximum absolute atomic E-state index is 11.6. The van der Waals surface area contributed by atoms with E-state index >= 15 is 0 Å². The Morgan fingerprint density at radius 2 is 1.90 bits per heavy atom. The Morgan fingerprint density at radius 1 is 1.25 bits per heavy atom. The minimum atomic E-state index is -0.737. The second-order valence-electron chi connectivity index (χ2n) is 4.29. The van der Waals surface area contributed by atoms with Gasteiger partial charge in [0.15, 0.2) is 0 Å². The zero-order valence-corrected chi connectivity index (χ0v) is 11.7. The first-order valence-electron chi connectivity index (χ1n) is 6.43. The molecular weight excluding hydrogens is 260 g/mol. The van der Waals surface area contributed by atoms with Gasteiger partial charge in [-0.05, 0) is 24.1 Å². The van der Waals surface area contributed by atoms with Crippen molar-refractivity contribution in [1.82, 2.24) is 10.6 Å². The first kappa shape index (κ1) is 16.0. The summed E-state index contributed by atoms with van der Waals surface area (Å²) in [4.78, 5) is 23.1. The average molecular weight is 280 g/mol. The van der Waals surface area contributed by atoms with E-state index in [9.17, 15) is 9.59 Å². The molecule has 0 spiro atoms. The quantitative estimate of drug-likeness (QED) is 0.650. The van der Waals surface area contributed by atoms with E-state index in [4.69, 9.17) is 9.84 Å². The largest absolute Gasteiger partial charge is 0.497 e. The Balaban J connectivity index is 2.43. The number of carbonyl (C=O) groups is 2. The monoisotopic (exact) mass is 280 g/mol. The van der Waals surface area contributed by atoms with Gasteiger partial charge in [-0.2, -0.15) is 0 Å². The highest BCUT2D eigenvalue weighted by Crippen LogP contribution is 2.10. The normalized spacial score (nSPS) is 11.6. The van der Waals surface area contributed by atoms with Gasteiger partial charge in [0.2, 0.25) is 0 Å². The molecule has 0 aliphatic heterocycles. The van der Waals surface area contributed by atoms with Crippen LogP contribution in [0, 0.1) is 0 Å². The number of aliphatic hydroxyl groups is 1. The number of ether oxygens (including phenoxy) is 1. The Morgan fingerprint density at radius 3 is 2.40 bits per heavy atom. The lowest BCUT2D eigenvalue weighted by atomic mass is 10.2. The van der Waals surface area contributed by atoms with Gasteiger partial charge in [-0.1, -0.05) is 19.1 Å². The molecule has 0 saturated carbocycles. The summed E-state index contributed by atoms with van der Waals surface area (Å²) in [6.45, 7) is 1.89. The molecule has 20 heavy (non-hydrogen) atoms. The molecule has 6 nitrogen and oxygen atoms in total. The van der Waals surface area contributed by atoms with Crippen molar-refractivity contribution < 1.29 is 19.4 Å². The van der Waals surface area contributed by atoms with Crippen molar-refractivity contribution in [2.24, 2.45) is 0 Å². The van der Waals surface area contributed by atoms with E-state index in [1.807, 2.05) is 6.92 Å². The average Bonchev–Trinajstić information content (AvgIpc) is 2.50. The molecule has 0 heterocycles. The minimum absolute atomic E-state index is 0.187. The Hall–Kier alpha value is -2.08. The van der Waals surface area contributed by atoms with Gasteiger partial charge in [0.1, 0.15) is 5.75 Å². The van der Waals surface area contributed by atoms with Crippen molar-refractivity contribution in [3.05, 3.63) is 29.8 Å². The summed E-state index contributed by atoms with van der Waals surface area (Å²) >= 11 is 0. The maximum Gasteiger partial charge on any atom is 0.309 e. The molecule has 6 heteroatoms. The van der Waals surface area contributed by atoms with Crippen LogP contribution in [0.25, 0.3) is 0 Å². The summed E-state index contributed by atoms with van der Waals surface area (Å²) in [7, 11) is 1.58. The van der Waals surface area contributed by atoms with Crippen LogP contribution < -0.4 is 15.4 Å². The van der Waals surface area contributed by atoms with Gasteiger partial charge in [-0.3, -0.25) is 9.59 Å². The summed E-state index contributed by atoms with van der Waals surface area (Å²) < 4.78 is 5.03. The zero-order chi connectivity index (χ0) is 15.0. The van der Waals surface area contributed by atoms with Gasteiger partial charge >= 0.3 is 11.8 Å². The van der Waals surface area contributed by atoms with E-state index in [-0.39, 0.29) is 13.2 Å². The predicted octanol–water partition coefficient (Wildman–Crippen LogP) is 0.199. The van der Waals surface area contributed by atoms with Gasteiger partial charge in [-0.25, -0.2) is 0 Å². The van der Waals surface area contributed by atoms with Gasteiger partial charge in [0.25, 0.3) is 0 Å². The summed E-state index contributed by atoms with van der Waals surface area (Å²) in [6.07, 6.45) is 0.563. The van der Waals surface area contributed by atoms with E-state index in [0.717, 1.165) is 11.3 Å². The molecule has 1 aromatic rings. The van der Waals surface area contributed by atoms with Gasteiger partial charge < -0.3 is 20.5 Å². The third-order valence-electron chi connectivity index (χ3n) is 2.87. The highest BCUT2D eigenvalue weighted by atomic mass is 16.5. The fourth-order valence-electron chi connectivity index (χ4n) is 1.53. The van der Waals surface area contributed by atoms with Crippen LogP contribution in [0.15, 0.2) is 24.3 Å². The summed E-state index contributed by atoms with van der Waals surface area (Å²) in [6, 6.07) is 6.77. The SMILES string of the molecule is CC[C@@H](CO)NC(=O)C(=O)NCc1ccc(OC)cc1. The molecule has 0 fully saturated rings. The molecule has 3 N–H and O–H groups in total. The van der Waals surface area contributed by atoms with Crippen LogP contribution in [0.3, 0.4) is 0 Å². The van der Waals surface area contributed by atoms with Crippen molar-refractivity contribution in [2.75, 3.05) is 13.7 Å². The first-order chi connectivity index (χ1) is 9.60. The molecule has 1 atom stereocenters. The summed E-state index contributed by atoms with van der Waals surface area (Å²) in [5.74, 6) is -0.723. The number of amides is 2. The molecule has 0 aromatic heterocycles. The van der Waals surface area contributed by atoms with Gasteiger partial charge in [-0.15, -0.1) is 0 Å². The summed E-state index contributed by atoms with van der Waals surface area (Å²) in [5, 5.41) is 13.9. The Bertz CT molecular complexity index is 441. The smallest absolute Gasteiger partial charge is 0.309 e. The van der Waals surface area contributed by atoms with Crippen LogP contribution in [-0.4, -0.2) is 36.7 Å². The number of nitrogens with one attached hydrogen (secondary N) is 2. The standard InChI is InChI=1S/C14H20N2O4/c1-3-11(9-17)16-14(19)13(18)15-8-10-4-6-12(20-2)7-5-10/h4-7,11,17H,3,8-9H2,1-2H3,(H,15,18)(H,16,19)/t11-/m0/s1. The number of rotatable bonds is 6. The second kappa shape index (κ2) is 8.16. The fourth-order valence-corrected chi connectivity index (χ4v) is 1.53. The molecule has 1 aromatic carbocycles. The minimum Gasteiger partial charge on any atom is -0.497 e. The fraction of sp³-hybridized carbons (Fsp3) is 0.429. The van der Waals surface area contributed by atoms with Crippen molar-refractivity contribution in [3.8, 4) is 5.75 Å². The van der Waals surface area contributed by atoms with Crippen molar-refractivity contribution in [3.63, 3.8) is 0 Å². The predicted molar refractivity (Wildman–Crippen MR) is 74.1 cm³/mol. The Labute approximate surface area is 118 Å². The molecule has 0 aliphatic rings. The molecule has 0 aliphatic carbocycles. The lowest BCUT2D eigenvalue weighted by Gasteiger charge is -2.13. The first-order valence-corrected chi connectivity index (χ1v) is 6.43. The van der Waals surface area contributed by atoms with Crippen LogP contribution in [0.2, 0.25) is 0 Å². The highest BCUT2D eigenvalue weighted by molar-refractivity contribution is 6.35. The number of hydrogen-bond acceptors (Lipinski definition) is 4. The number of hydrogen-bond donors (Lipinski definition) is 3. The van der Waals surface area contributed by atoms with Gasteiger partial charge in [0, 0.05) is 6.54 Å². The van der Waals surface area contributed by atoms with Gasteiger partial charge in [0.05, 0.1) is 19.8 Å². The van der Waals surface area contributed by atoms with Crippen LogP contribution >= 0.6 is 0 Å². The van der Waals surface area contributed by atoms with E-state index in [1.165, 1.54) is 0 Å². The number of benzene rings is 1. The molecule has 1 rings (SSSR count). The lowest BCUT2D eigenvalue weighted by Crippen LogP contribution is -2.45. The molecule has 0 radical (unpaired) electrons. The molecular formula is C14H20N2O4. The third kappa shape index (κ3) is 4.89.